The number of thioether (sulfide) groups is 1. The van der Waals surface area contributed by atoms with Gasteiger partial charge in [-0.05, 0) is 30.9 Å². The lowest BCUT2D eigenvalue weighted by molar-refractivity contribution is -0.117. The molecule has 24 heavy (non-hydrogen) atoms. The summed E-state index contributed by atoms with van der Waals surface area (Å²) in [5.41, 5.74) is 0.726. The summed E-state index contributed by atoms with van der Waals surface area (Å²) in [6.45, 7) is 2.14. The highest BCUT2D eigenvalue weighted by Gasteiger charge is 2.23. The number of pyridine rings is 1. The number of carbonyl (C=O) groups is 2. The first kappa shape index (κ1) is 16.8. The fourth-order valence-corrected chi connectivity index (χ4v) is 3.67. The lowest BCUT2D eigenvalue weighted by Gasteiger charge is -2.29. The third-order valence-corrected chi connectivity index (χ3v) is 5.24. The topological polar surface area (TPSA) is 88.4 Å². The van der Waals surface area contributed by atoms with Crippen LogP contribution in [0.2, 0.25) is 0 Å². The van der Waals surface area contributed by atoms with Gasteiger partial charge in [0.05, 0.1) is 5.75 Å². The van der Waals surface area contributed by atoms with Crippen molar-refractivity contribution in [2.75, 3.05) is 5.75 Å². The third kappa shape index (κ3) is 4.05. The number of imide groups is 1. The van der Waals surface area contributed by atoms with Crippen LogP contribution in [0.4, 0.5) is 4.79 Å². The maximum Gasteiger partial charge on any atom is 0.321 e. The largest absolute Gasteiger partial charge is 0.335 e. The van der Waals surface area contributed by atoms with Crippen molar-refractivity contribution in [3.05, 3.63) is 24.4 Å². The van der Waals surface area contributed by atoms with Gasteiger partial charge in [-0.1, -0.05) is 37.6 Å². The molecule has 0 radical (unpaired) electrons. The van der Waals surface area contributed by atoms with E-state index >= 15 is 0 Å². The SMILES string of the molecule is C[C@H]1CCCC[C@@H]1NC(=O)NC(=O)CSc1nnc2ccccn12. The second kappa shape index (κ2) is 7.65. The first-order chi connectivity index (χ1) is 11.6. The summed E-state index contributed by atoms with van der Waals surface area (Å²) in [6, 6.07) is 5.34. The van der Waals surface area contributed by atoms with E-state index in [1.807, 2.05) is 28.8 Å². The quantitative estimate of drug-likeness (QED) is 0.828. The number of hydrogen-bond acceptors (Lipinski definition) is 5. The van der Waals surface area contributed by atoms with Gasteiger partial charge in [0.2, 0.25) is 5.91 Å². The number of hydrogen-bond donors (Lipinski definition) is 2. The maximum atomic E-state index is 12.0. The first-order valence-electron chi connectivity index (χ1n) is 8.16. The molecule has 7 nitrogen and oxygen atoms in total. The Morgan fingerprint density at radius 1 is 1.29 bits per heavy atom. The Kier molecular flexibility index (Phi) is 5.34. The lowest BCUT2D eigenvalue weighted by Crippen LogP contribution is -2.48. The molecule has 0 bridgehead atoms. The number of nitrogens with zero attached hydrogens (tertiary/aromatic N) is 3. The molecule has 2 aromatic rings. The fraction of sp³-hybridized carbons (Fsp3) is 0.500. The molecule has 0 aliphatic heterocycles. The summed E-state index contributed by atoms with van der Waals surface area (Å²) in [5.74, 6) is 0.230. The minimum atomic E-state index is -0.412. The van der Waals surface area contributed by atoms with E-state index in [4.69, 9.17) is 0 Å². The summed E-state index contributed by atoms with van der Waals surface area (Å²) in [5, 5.41) is 14.0. The van der Waals surface area contributed by atoms with Gasteiger partial charge in [-0.25, -0.2) is 4.79 Å². The van der Waals surface area contributed by atoms with Crippen LogP contribution in [0.5, 0.6) is 0 Å². The van der Waals surface area contributed by atoms with Crippen LogP contribution in [-0.2, 0) is 4.79 Å². The van der Waals surface area contributed by atoms with Gasteiger partial charge < -0.3 is 5.32 Å². The van der Waals surface area contributed by atoms with Crippen molar-refractivity contribution < 1.29 is 9.59 Å². The van der Waals surface area contributed by atoms with E-state index in [2.05, 4.69) is 27.8 Å². The highest BCUT2D eigenvalue weighted by molar-refractivity contribution is 7.99. The Morgan fingerprint density at radius 3 is 2.96 bits per heavy atom. The average Bonchev–Trinajstić information content (AvgIpc) is 2.98. The van der Waals surface area contributed by atoms with E-state index in [-0.39, 0.29) is 17.7 Å². The molecule has 1 aliphatic rings. The molecule has 0 unspecified atom stereocenters. The van der Waals surface area contributed by atoms with Crippen molar-refractivity contribution in [1.29, 1.82) is 0 Å². The van der Waals surface area contributed by atoms with Crippen LogP contribution in [0.15, 0.2) is 29.6 Å². The van der Waals surface area contributed by atoms with Gasteiger partial charge in [0.15, 0.2) is 10.8 Å². The summed E-state index contributed by atoms with van der Waals surface area (Å²) in [4.78, 5) is 23.9. The molecular formula is C16H21N5O2S. The molecule has 128 valence electrons. The minimum absolute atomic E-state index is 0.114. The molecule has 3 rings (SSSR count). The molecule has 2 aromatic heterocycles. The number of aromatic nitrogens is 3. The summed E-state index contributed by atoms with van der Waals surface area (Å²) < 4.78 is 1.81. The molecular weight excluding hydrogens is 326 g/mol. The predicted octanol–water partition coefficient (Wildman–Crippen LogP) is 2.23. The summed E-state index contributed by atoms with van der Waals surface area (Å²) >= 11 is 1.25. The van der Waals surface area contributed by atoms with Crippen LogP contribution in [-0.4, -0.2) is 38.3 Å². The molecule has 1 aliphatic carbocycles. The van der Waals surface area contributed by atoms with Crippen LogP contribution in [0, 0.1) is 5.92 Å². The molecule has 3 amide bonds. The second-order valence-corrected chi connectivity index (χ2v) is 7.03. The first-order valence-corrected chi connectivity index (χ1v) is 9.15. The van der Waals surface area contributed by atoms with Crippen molar-refractivity contribution >= 4 is 29.3 Å². The van der Waals surface area contributed by atoms with Crippen molar-refractivity contribution in [2.24, 2.45) is 5.92 Å². The predicted molar refractivity (Wildman–Crippen MR) is 91.8 cm³/mol. The van der Waals surface area contributed by atoms with Crippen molar-refractivity contribution in [1.82, 2.24) is 25.2 Å². The molecule has 1 saturated carbocycles. The zero-order valence-electron chi connectivity index (χ0n) is 13.6. The van der Waals surface area contributed by atoms with Crippen molar-refractivity contribution in [2.45, 2.75) is 43.8 Å². The van der Waals surface area contributed by atoms with Crippen LogP contribution >= 0.6 is 11.8 Å². The van der Waals surface area contributed by atoms with Gasteiger partial charge in [0.25, 0.3) is 0 Å². The van der Waals surface area contributed by atoms with Gasteiger partial charge in [-0.2, -0.15) is 0 Å². The Hall–Kier alpha value is -2.09. The Bertz CT molecular complexity index is 732. The van der Waals surface area contributed by atoms with Crippen LogP contribution in [0.3, 0.4) is 0 Å². The molecule has 2 atom stereocenters. The van der Waals surface area contributed by atoms with E-state index in [9.17, 15) is 9.59 Å². The standard InChI is InChI=1S/C16H21N5O2S/c1-11-6-2-3-7-12(11)17-15(23)18-14(22)10-24-16-20-19-13-8-4-5-9-21(13)16/h4-5,8-9,11-12H,2-3,6-7,10H2,1H3,(H2,17,18,22,23)/t11-,12-/m0/s1. The smallest absolute Gasteiger partial charge is 0.321 e. The maximum absolute atomic E-state index is 12.0. The Balaban J connectivity index is 1.47. The molecule has 0 saturated heterocycles. The minimum Gasteiger partial charge on any atom is -0.335 e. The van der Waals surface area contributed by atoms with Crippen LogP contribution in [0.25, 0.3) is 5.65 Å². The van der Waals surface area contributed by atoms with Gasteiger partial charge >= 0.3 is 6.03 Å². The number of fused-ring (bicyclic) bond motifs is 1. The fourth-order valence-electron chi connectivity index (χ4n) is 2.95. The van der Waals surface area contributed by atoms with E-state index in [0.29, 0.717) is 11.1 Å². The summed E-state index contributed by atoms with van der Waals surface area (Å²) in [7, 11) is 0. The third-order valence-electron chi connectivity index (χ3n) is 4.30. The highest BCUT2D eigenvalue weighted by atomic mass is 32.2. The van der Waals surface area contributed by atoms with E-state index in [0.717, 1.165) is 24.9 Å². The lowest BCUT2D eigenvalue weighted by atomic mass is 9.86. The van der Waals surface area contributed by atoms with Crippen LogP contribution in [0.1, 0.15) is 32.6 Å². The van der Waals surface area contributed by atoms with E-state index in [1.54, 1.807) is 0 Å². The zero-order valence-corrected chi connectivity index (χ0v) is 14.4. The second-order valence-electron chi connectivity index (χ2n) is 6.09. The Morgan fingerprint density at radius 2 is 2.12 bits per heavy atom. The Labute approximate surface area is 144 Å². The molecule has 2 heterocycles. The van der Waals surface area contributed by atoms with E-state index in [1.165, 1.54) is 18.2 Å². The summed E-state index contributed by atoms with van der Waals surface area (Å²) in [6.07, 6.45) is 6.27. The molecule has 0 aromatic carbocycles. The van der Waals surface area contributed by atoms with Crippen molar-refractivity contribution in [3.63, 3.8) is 0 Å². The molecule has 1 fully saturated rings. The normalized spacial score (nSPS) is 20.7. The molecule has 2 N–H and O–H groups in total. The van der Waals surface area contributed by atoms with Gasteiger partial charge in [-0.15, -0.1) is 10.2 Å². The number of carbonyl (C=O) groups excluding carboxylic acids is 2. The van der Waals surface area contributed by atoms with Gasteiger partial charge in [0, 0.05) is 12.2 Å². The number of urea groups is 1. The number of nitrogens with one attached hydrogen (secondary N) is 2. The van der Waals surface area contributed by atoms with E-state index < -0.39 is 6.03 Å². The number of rotatable bonds is 4. The van der Waals surface area contributed by atoms with Gasteiger partial charge in [0.1, 0.15) is 0 Å². The zero-order chi connectivity index (χ0) is 16.9. The van der Waals surface area contributed by atoms with Crippen molar-refractivity contribution in [3.8, 4) is 0 Å². The monoisotopic (exact) mass is 347 g/mol. The highest BCUT2D eigenvalue weighted by Crippen LogP contribution is 2.23. The average molecular weight is 347 g/mol. The molecule has 8 heteroatoms. The number of amides is 3. The van der Waals surface area contributed by atoms with Crippen LogP contribution < -0.4 is 10.6 Å². The molecule has 0 spiro atoms. The van der Waals surface area contributed by atoms with Gasteiger partial charge in [-0.3, -0.25) is 14.5 Å².